The monoisotopic (exact) mass is 362 g/mol. The molecule has 0 aromatic carbocycles. The average Bonchev–Trinajstić information content (AvgIpc) is 3.24. The predicted octanol–water partition coefficient (Wildman–Crippen LogP) is 7.00. The van der Waals surface area contributed by atoms with Gasteiger partial charge in [-0.3, -0.25) is 9.59 Å². The molecule has 4 heteroatoms. The standard InChI is InChI=1S/C20H26O2S2/c1-3-5-7-9-15(21)17-11-13-19(23-17)20-14-12-18(24-20)16(22)10-8-6-4-2/h11-14H,3-10H2,1-2H3. The van der Waals surface area contributed by atoms with E-state index in [9.17, 15) is 9.59 Å². The Morgan fingerprint density at radius 3 is 1.50 bits per heavy atom. The molecule has 0 radical (unpaired) electrons. The van der Waals surface area contributed by atoms with Crippen molar-refractivity contribution < 1.29 is 9.59 Å². The van der Waals surface area contributed by atoms with Gasteiger partial charge in [0.1, 0.15) is 0 Å². The second-order valence-corrected chi connectivity index (χ2v) is 8.26. The van der Waals surface area contributed by atoms with Crippen LogP contribution in [0.1, 0.15) is 84.6 Å². The second kappa shape index (κ2) is 9.90. The number of carbonyl (C=O) groups excluding carboxylic acids is 2. The SMILES string of the molecule is CCCCCC(=O)c1ccc(-c2ccc(C(=O)CCCCC)s2)s1. The topological polar surface area (TPSA) is 34.1 Å². The van der Waals surface area contributed by atoms with Crippen LogP contribution in [0.15, 0.2) is 24.3 Å². The van der Waals surface area contributed by atoms with E-state index in [1.54, 1.807) is 22.7 Å². The zero-order valence-electron chi connectivity index (χ0n) is 14.6. The Labute approximate surface area is 152 Å². The molecule has 0 saturated heterocycles. The maximum atomic E-state index is 12.2. The van der Waals surface area contributed by atoms with Crippen LogP contribution in [0.2, 0.25) is 0 Å². The fourth-order valence-corrected chi connectivity index (χ4v) is 4.60. The Kier molecular flexibility index (Phi) is 7.86. The Hall–Kier alpha value is -1.26. The molecular formula is C20H26O2S2. The Bertz CT molecular complexity index is 608. The van der Waals surface area contributed by atoms with Crippen LogP contribution in [0.25, 0.3) is 9.75 Å². The van der Waals surface area contributed by atoms with Gasteiger partial charge in [-0.15, -0.1) is 22.7 Å². The van der Waals surface area contributed by atoms with Gasteiger partial charge in [-0.05, 0) is 37.1 Å². The molecule has 2 nitrogen and oxygen atoms in total. The molecule has 0 N–H and O–H groups in total. The smallest absolute Gasteiger partial charge is 0.172 e. The molecule has 0 spiro atoms. The number of unbranched alkanes of at least 4 members (excludes halogenated alkanes) is 4. The van der Waals surface area contributed by atoms with E-state index < -0.39 is 0 Å². The van der Waals surface area contributed by atoms with Gasteiger partial charge in [-0.25, -0.2) is 0 Å². The molecule has 0 saturated carbocycles. The highest BCUT2D eigenvalue weighted by molar-refractivity contribution is 7.23. The molecule has 0 bridgehead atoms. The lowest BCUT2D eigenvalue weighted by Gasteiger charge is -1.97. The van der Waals surface area contributed by atoms with E-state index in [0.717, 1.165) is 58.0 Å². The highest BCUT2D eigenvalue weighted by Crippen LogP contribution is 2.34. The van der Waals surface area contributed by atoms with E-state index in [1.807, 2.05) is 24.3 Å². The van der Waals surface area contributed by atoms with Crippen LogP contribution in [-0.4, -0.2) is 11.6 Å². The summed E-state index contributed by atoms with van der Waals surface area (Å²) in [5, 5.41) is 0. The van der Waals surface area contributed by atoms with Crippen LogP contribution in [0, 0.1) is 0 Å². The van der Waals surface area contributed by atoms with Crippen molar-refractivity contribution in [2.75, 3.05) is 0 Å². The summed E-state index contributed by atoms with van der Waals surface area (Å²) in [6.07, 6.45) is 7.70. The number of Topliss-reactive ketones (excluding diaryl/α,β-unsaturated/α-hetero) is 2. The molecule has 2 heterocycles. The van der Waals surface area contributed by atoms with E-state index >= 15 is 0 Å². The molecule has 2 aromatic rings. The second-order valence-electron chi connectivity index (χ2n) is 6.09. The van der Waals surface area contributed by atoms with E-state index in [-0.39, 0.29) is 11.6 Å². The van der Waals surface area contributed by atoms with Crippen molar-refractivity contribution in [3.63, 3.8) is 0 Å². The maximum Gasteiger partial charge on any atom is 0.172 e. The predicted molar refractivity (Wildman–Crippen MR) is 105 cm³/mol. The van der Waals surface area contributed by atoms with E-state index in [4.69, 9.17) is 0 Å². The summed E-state index contributed by atoms with van der Waals surface area (Å²) in [6.45, 7) is 4.29. The zero-order chi connectivity index (χ0) is 17.4. The molecule has 0 unspecified atom stereocenters. The summed E-state index contributed by atoms with van der Waals surface area (Å²) >= 11 is 3.10. The molecule has 0 aliphatic heterocycles. The van der Waals surface area contributed by atoms with E-state index in [0.29, 0.717) is 12.8 Å². The van der Waals surface area contributed by atoms with Crippen LogP contribution in [0.5, 0.6) is 0 Å². The fraction of sp³-hybridized carbons (Fsp3) is 0.500. The van der Waals surface area contributed by atoms with Crippen molar-refractivity contribution in [2.45, 2.75) is 65.2 Å². The summed E-state index contributed by atoms with van der Waals surface area (Å²) in [6, 6.07) is 7.87. The molecule has 0 atom stereocenters. The lowest BCUT2D eigenvalue weighted by molar-refractivity contribution is 0.0975. The summed E-state index contributed by atoms with van der Waals surface area (Å²) in [5.41, 5.74) is 0. The van der Waals surface area contributed by atoms with Crippen molar-refractivity contribution in [3.05, 3.63) is 34.0 Å². The largest absolute Gasteiger partial charge is 0.293 e. The molecule has 0 aliphatic carbocycles. The Morgan fingerprint density at radius 2 is 1.12 bits per heavy atom. The lowest BCUT2D eigenvalue weighted by Crippen LogP contribution is -1.94. The van der Waals surface area contributed by atoms with Gasteiger partial charge >= 0.3 is 0 Å². The normalized spacial score (nSPS) is 10.9. The molecule has 0 aliphatic rings. The highest BCUT2D eigenvalue weighted by Gasteiger charge is 2.14. The fourth-order valence-electron chi connectivity index (χ4n) is 2.56. The van der Waals surface area contributed by atoms with Crippen molar-refractivity contribution in [2.24, 2.45) is 0 Å². The van der Waals surface area contributed by atoms with Gasteiger partial charge in [-0.2, -0.15) is 0 Å². The quantitative estimate of drug-likeness (QED) is 0.318. The van der Waals surface area contributed by atoms with Crippen LogP contribution < -0.4 is 0 Å². The van der Waals surface area contributed by atoms with Crippen LogP contribution in [0.4, 0.5) is 0 Å². The number of ketones is 2. The van der Waals surface area contributed by atoms with Gasteiger partial charge < -0.3 is 0 Å². The maximum absolute atomic E-state index is 12.2. The van der Waals surface area contributed by atoms with Crippen molar-refractivity contribution in [3.8, 4) is 9.75 Å². The molecule has 130 valence electrons. The summed E-state index contributed by atoms with van der Waals surface area (Å²) in [4.78, 5) is 28.2. The first kappa shape index (κ1) is 19.1. The van der Waals surface area contributed by atoms with Crippen molar-refractivity contribution >= 4 is 34.2 Å². The van der Waals surface area contributed by atoms with Gasteiger partial charge in [0.2, 0.25) is 0 Å². The van der Waals surface area contributed by atoms with Gasteiger partial charge in [0.25, 0.3) is 0 Å². The van der Waals surface area contributed by atoms with Crippen LogP contribution >= 0.6 is 22.7 Å². The number of rotatable bonds is 11. The minimum Gasteiger partial charge on any atom is -0.293 e. The Morgan fingerprint density at radius 1 is 0.708 bits per heavy atom. The van der Waals surface area contributed by atoms with Gasteiger partial charge in [0, 0.05) is 22.6 Å². The van der Waals surface area contributed by atoms with Gasteiger partial charge in [-0.1, -0.05) is 39.5 Å². The third-order valence-electron chi connectivity index (χ3n) is 4.02. The van der Waals surface area contributed by atoms with E-state index in [2.05, 4.69) is 13.8 Å². The lowest BCUT2D eigenvalue weighted by atomic mass is 10.1. The van der Waals surface area contributed by atoms with Crippen LogP contribution in [-0.2, 0) is 0 Å². The van der Waals surface area contributed by atoms with Gasteiger partial charge in [0.05, 0.1) is 9.75 Å². The molecule has 0 amide bonds. The summed E-state index contributed by atoms with van der Waals surface area (Å²) in [5.74, 6) is 0.485. The number of thiophene rings is 2. The molecule has 2 rings (SSSR count). The minimum atomic E-state index is 0.243. The number of carbonyl (C=O) groups is 2. The van der Waals surface area contributed by atoms with Crippen molar-refractivity contribution in [1.29, 1.82) is 0 Å². The van der Waals surface area contributed by atoms with Gasteiger partial charge in [0.15, 0.2) is 11.6 Å². The molecule has 2 aromatic heterocycles. The first-order valence-corrected chi connectivity index (χ1v) is 10.6. The zero-order valence-corrected chi connectivity index (χ0v) is 16.2. The van der Waals surface area contributed by atoms with Crippen molar-refractivity contribution in [1.82, 2.24) is 0 Å². The summed E-state index contributed by atoms with van der Waals surface area (Å²) < 4.78 is 0. The number of hydrogen-bond acceptors (Lipinski definition) is 4. The number of hydrogen-bond donors (Lipinski definition) is 0. The Balaban J connectivity index is 1.98. The molecular weight excluding hydrogens is 336 g/mol. The third kappa shape index (κ3) is 5.38. The first-order chi connectivity index (χ1) is 11.7. The third-order valence-corrected chi connectivity index (χ3v) is 6.47. The first-order valence-electron chi connectivity index (χ1n) is 8.92. The van der Waals surface area contributed by atoms with Crippen LogP contribution in [0.3, 0.4) is 0 Å². The summed E-state index contributed by atoms with van der Waals surface area (Å²) in [7, 11) is 0. The molecule has 0 fully saturated rings. The van der Waals surface area contributed by atoms with E-state index in [1.165, 1.54) is 0 Å². The minimum absolute atomic E-state index is 0.243. The molecule has 24 heavy (non-hydrogen) atoms. The highest BCUT2D eigenvalue weighted by atomic mass is 32.1. The average molecular weight is 363 g/mol.